The van der Waals surface area contributed by atoms with Gasteiger partial charge in [-0.05, 0) is 33.7 Å². The quantitative estimate of drug-likeness (QED) is 0.858. The topological polar surface area (TPSA) is 77.4 Å². The molecule has 24 heavy (non-hydrogen) atoms. The van der Waals surface area contributed by atoms with Crippen LogP contribution in [-0.2, 0) is 18.9 Å². The number of rotatable bonds is 4. The highest BCUT2D eigenvalue weighted by Crippen LogP contribution is 2.39. The number of aliphatic hydroxyl groups is 2. The van der Waals surface area contributed by atoms with Crippen LogP contribution in [0.25, 0.3) is 0 Å². The molecule has 8 heteroatoms. The van der Waals surface area contributed by atoms with Crippen LogP contribution in [0, 0.1) is 0 Å². The molecule has 0 aliphatic carbocycles. The van der Waals surface area contributed by atoms with Crippen molar-refractivity contribution < 1.29 is 29.2 Å². The smallest absolute Gasteiger partial charge is 0.185 e. The molecule has 0 saturated carbocycles. The van der Waals surface area contributed by atoms with E-state index in [-0.39, 0.29) is 6.10 Å². The molecule has 2 aliphatic rings. The lowest BCUT2D eigenvalue weighted by atomic mass is 10.00. The molecule has 2 N–H and O–H groups in total. The minimum absolute atomic E-state index is 0.337. The normalized spacial score (nSPS) is 34.7. The van der Waals surface area contributed by atoms with Gasteiger partial charge in [0.25, 0.3) is 0 Å². The molecule has 2 fully saturated rings. The summed E-state index contributed by atoms with van der Waals surface area (Å²) < 4.78 is 23.7. The van der Waals surface area contributed by atoms with E-state index in [1.54, 1.807) is 22.7 Å². The van der Waals surface area contributed by atoms with Crippen molar-refractivity contribution in [2.45, 2.75) is 37.0 Å². The van der Waals surface area contributed by atoms with Gasteiger partial charge in [-0.3, -0.25) is 0 Å². The van der Waals surface area contributed by atoms with Gasteiger partial charge in [-0.1, -0.05) is 0 Å². The van der Waals surface area contributed by atoms with Crippen molar-refractivity contribution >= 4 is 22.7 Å². The fraction of sp³-hybridized carbons (Fsp3) is 0.500. The standard InChI is InChI=1S/C16H18O6S2/c17-5-11(18)13-14-12(20-16(21-13)10-2-4-24-8-10)6-19-15(22-14)9-1-3-23-7-9/h1-4,7-8,11-18H,5-6H2/t11?,12-,13+,14+,15?,16?/m0/s1. The van der Waals surface area contributed by atoms with Crippen molar-refractivity contribution in [3.8, 4) is 0 Å². The molecule has 2 aromatic heterocycles. The Bertz CT molecular complexity index is 629. The minimum atomic E-state index is -1.05. The van der Waals surface area contributed by atoms with Gasteiger partial charge in [0.2, 0.25) is 0 Å². The summed E-state index contributed by atoms with van der Waals surface area (Å²) in [7, 11) is 0. The van der Waals surface area contributed by atoms with Crippen LogP contribution < -0.4 is 0 Å². The van der Waals surface area contributed by atoms with Crippen LogP contribution in [0.3, 0.4) is 0 Å². The molecule has 6 nitrogen and oxygen atoms in total. The van der Waals surface area contributed by atoms with E-state index in [1.807, 2.05) is 33.7 Å². The van der Waals surface area contributed by atoms with Gasteiger partial charge in [0, 0.05) is 11.1 Å². The van der Waals surface area contributed by atoms with Gasteiger partial charge in [0.05, 0.1) is 13.2 Å². The van der Waals surface area contributed by atoms with Crippen LogP contribution in [0.2, 0.25) is 0 Å². The number of fused-ring (bicyclic) bond motifs is 1. The zero-order valence-corrected chi connectivity index (χ0v) is 14.3. The van der Waals surface area contributed by atoms with Gasteiger partial charge >= 0.3 is 0 Å². The van der Waals surface area contributed by atoms with Crippen LogP contribution in [0.15, 0.2) is 33.7 Å². The number of hydrogen-bond acceptors (Lipinski definition) is 8. The van der Waals surface area contributed by atoms with E-state index in [0.717, 1.165) is 11.1 Å². The van der Waals surface area contributed by atoms with E-state index >= 15 is 0 Å². The molecule has 0 amide bonds. The van der Waals surface area contributed by atoms with Crippen molar-refractivity contribution in [3.05, 3.63) is 44.8 Å². The molecule has 2 aliphatic heterocycles. The zero-order valence-electron chi connectivity index (χ0n) is 12.7. The Labute approximate surface area is 147 Å². The zero-order chi connectivity index (χ0) is 16.5. The molecule has 0 spiro atoms. The van der Waals surface area contributed by atoms with Crippen LogP contribution in [-0.4, -0.2) is 47.8 Å². The Morgan fingerprint density at radius 3 is 2.38 bits per heavy atom. The maximum absolute atomic E-state index is 10.2. The number of thiophene rings is 2. The van der Waals surface area contributed by atoms with Crippen molar-refractivity contribution in [1.29, 1.82) is 0 Å². The van der Waals surface area contributed by atoms with E-state index in [0.29, 0.717) is 6.61 Å². The molecular formula is C16H18O6S2. The maximum atomic E-state index is 10.2. The summed E-state index contributed by atoms with van der Waals surface area (Å²) in [6.07, 6.45) is -3.75. The van der Waals surface area contributed by atoms with Crippen LogP contribution in [0.1, 0.15) is 23.7 Å². The summed E-state index contributed by atoms with van der Waals surface area (Å²) in [6.45, 7) is -0.0681. The largest absolute Gasteiger partial charge is 0.394 e. The first-order valence-corrected chi connectivity index (χ1v) is 9.56. The second-order valence-corrected chi connectivity index (χ2v) is 7.30. The Kier molecular flexibility index (Phi) is 4.98. The SMILES string of the molecule is OCC(O)[C@H]1OC(c2ccsc2)O[C@H]2COC(c3ccsc3)O[C@H]21. The molecule has 0 aromatic carbocycles. The van der Waals surface area contributed by atoms with Gasteiger partial charge in [-0.15, -0.1) is 0 Å². The second kappa shape index (κ2) is 7.19. The van der Waals surface area contributed by atoms with E-state index in [9.17, 15) is 10.2 Å². The Morgan fingerprint density at radius 1 is 1.04 bits per heavy atom. The molecule has 4 heterocycles. The lowest BCUT2D eigenvalue weighted by Crippen LogP contribution is -2.58. The lowest BCUT2D eigenvalue weighted by Gasteiger charge is -2.46. The maximum Gasteiger partial charge on any atom is 0.185 e. The minimum Gasteiger partial charge on any atom is -0.394 e. The predicted octanol–water partition coefficient (Wildman–Crippen LogP) is 2.06. The van der Waals surface area contributed by atoms with Crippen LogP contribution in [0.5, 0.6) is 0 Å². The third-order valence-electron chi connectivity index (χ3n) is 4.16. The first-order chi connectivity index (χ1) is 11.8. The fourth-order valence-corrected chi connectivity index (χ4v) is 4.25. The molecule has 0 bridgehead atoms. The predicted molar refractivity (Wildman–Crippen MR) is 87.8 cm³/mol. The average molecular weight is 370 g/mol. The van der Waals surface area contributed by atoms with Gasteiger partial charge in [-0.25, -0.2) is 0 Å². The molecule has 3 unspecified atom stereocenters. The van der Waals surface area contributed by atoms with Crippen molar-refractivity contribution in [1.82, 2.24) is 0 Å². The number of hydrogen-bond donors (Lipinski definition) is 2. The summed E-state index contributed by atoms with van der Waals surface area (Å²) >= 11 is 3.11. The highest BCUT2D eigenvalue weighted by molar-refractivity contribution is 7.08. The summed E-state index contributed by atoms with van der Waals surface area (Å²) in [5.74, 6) is 0. The second-order valence-electron chi connectivity index (χ2n) is 5.74. The molecule has 2 aromatic rings. The summed E-state index contributed by atoms with van der Waals surface area (Å²) in [4.78, 5) is 0. The molecular weight excluding hydrogens is 352 g/mol. The summed E-state index contributed by atoms with van der Waals surface area (Å²) in [5, 5.41) is 27.4. The first-order valence-electron chi connectivity index (χ1n) is 7.67. The van der Waals surface area contributed by atoms with Crippen LogP contribution in [0.4, 0.5) is 0 Å². The highest BCUT2D eigenvalue weighted by atomic mass is 32.1. The molecule has 2 saturated heterocycles. The van der Waals surface area contributed by atoms with Crippen molar-refractivity contribution in [2.75, 3.05) is 13.2 Å². The fourth-order valence-electron chi connectivity index (χ4n) is 2.93. The highest BCUT2D eigenvalue weighted by Gasteiger charge is 2.48. The molecule has 4 rings (SSSR count). The van der Waals surface area contributed by atoms with Gasteiger partial charge < -0.3 is 29.2 Å². The van der Waals surface area contributed by atoms with Gasteiger partial charge in [0.15, 0.2) is 12.6 Å². The van der Waals surface area contributed by atoms with E-state index in [1.165, 1.54) is 0 Å². The summed E-state index contributed by atoms with van der Waals surface area (Å²) in [6, 6.07) is 3.85. The van der Waals surface area contributed by atoms with Crippen LogP contribution >= 0.6 is 22.7 Å². The molecule has 0 radical (unpaired) electrons. The Balaban J connectivity index is 1.55. The Morgan fingerprint density at radius 2 is 1.75 bits per heavy atom. The first kappa shape index (κ1) is 16.6. The van der Waals surface area contributed by atoms with Crippen molar-refractivity contribution in [2.24, 2.45) is 0 Å². The average Bonchev–Trinajstić information content (AvgIpc) is 3.32. The number of ether oxygens (including phenoxy) is 4. The van der Waals surface area contributed by atoms with Crippen molar-refractivity contribution in [3.63, 3.8) is 0 Å². The van der Waals surface area contributed by atoms with Gasteiger partial charge in [0.1, 0.15) is 24.4 Å². The molecule has 130 valence electrons. The Hall–Kier alpha value is -0.840. The van der Waals surface area contributed by atoms with Gasteiger partial charge in [-0.2, -0.15) is 22.7 Å². The monoisotopic (exact) mass is 370 g/mol. The summed E-state index contributed by atoms with van der Waals surface area (Å²) in [5.41, 5.74) is 1.81. The van der Waals surface area contributed by atoms with E-state index < -0.39 is 37.5 Å². The third kappa shape index (κ3) is 3.16. The lowest BCUT2D eigenvalue weighted by molar-refractivity contribution is -0.373. The van der Waals surface area contributed by atoms with E-state index in [2.05, 4.69) is 0 Å². The number of aliphatic hydroxyl groups excluding tert-OH is 2. The third-order valence-corrected chi connectivity index (χ3v) is 5.56. The van der Waals surface area contributed by atoms with E-state index in [4.69, 9.17) is 18.9 Å². The molecule has 6 atom stereocenters.